The monoisotopic (exact) mass is 1490 g/mol. The molecule has 0 aromatic heterocycles. The number of rotatable bonds is 81. The number of aliphatic hydroxyl groups is 1. The smallest absolute Gasteiger partial charge is 0.462 e. The number of ether oxygens (including phenoxy) is 4. The molecule has 0 aromatic rings. The first-order valence-corrected chi connectivity index (χ1v) is 45.9. The molecule has 606 valence electrons. The lowest BCUT2D eigenvalue weighted by molar-refractivity contribution is -0.161. The fourth-order valence-corrected chi connectivity index (χ4v) is 14.4. The molecule has 19 heteroatoms. The van der Waals surface area contributed by atoms with Gasteiger partial charge in [0.05, 0.1) is 26.4 Å². The highest BCUT2D eigenvalue weighted by atomic mass is 31.2. The highest BCUT2D eigenvalue weighted by molar-refractivity contribution is 7.47. The second-order valence-electron chi connectivity index (χ2n) is 31.1. The van der Waals surface area contributed by atoms with Crippen LogP contribution in [0.5, 0.6) is 0 Å². The van der Waals surface area contributed by atoms with Crippen molar-refractivity contribution >= 4 is 39.5 Å². The van der Waals surface area contributed by atoms with Gasteiger partial charge in [0, 0.05) is 25.7 Å². The maximum atomic E-state index is 13.1. The number of aliphatic hydroxyl groups excluding tert-OH is 1. The quantitative estimate of drug-likeness (QED) is 0.0222. The molecule has 0 saturated carbocycles. The van der Waals surface area contributed by atoms with Crippen LogP contribution < -0.4 is 0 Å². The number of hydrogen-bond acceptors (Lipinski definition) is 15. The van der Waals surface area contributed by atoms with Crippen LogP contribution in [0.2, 0.25) is 0 Å². The van der Waals surface area contributed by atoms with E-state index < -0.39 is 97.5 Å². The van der Waals surface area contributed by atoms with E-state index in [-0.39, 0.29) is 25.7 Å². The summed E-state index contributed by atoms with van der Waals surface area (Å²) >= 11 is 0. The lowest BCUT2D eigenvalue weighted by atomic mass is 9.99. The molecule has 0 spiro atoms. The Morgan fingerprint density at radius 1 is 0.284 bits per heavy atom. The molecule has 0 fully saturated rings. The van der Waals surface area contributed by atoms with Gasteiger partial charge in [-0.3, -0.25) is 37.3 Å². The summed E-state index contributed by atoms with van der Waals surface area (Å²) in [4.78, 5) is 73.1. The predicted molar refractivity (Wildman–Crippen MR) is 418 cm³/mol. The first-order valence-electron chi connectivity index (χ1n) is 42.9. The minimum Gasteiger partial charge on any atom is -0.462 e. The number of carbonyl (C=O) groups is 4. The SMILES string of the molecule is CCCCCCCCCCCCCCCCCCC(=O)OC[C@H](COP(=O)(O)OC[C@@H](O)COP(=O)(O)OC[C@@H](COC(=O)CCCCCCCCCCC(C)C)OC(=O)CCCCCCCCCCCCC(C)C)OC(=O)CCCCCCCCCCCCCCCCCCCCC(C)CC. The molecular weight excluding hydrogens is 1330 g/mol. The Morgan fingerprint density at radius 3 is 0.745 bits per heavy atom. The summed E-state index contributed by atoms with van der Waals surface area (Å²) in [5.41, 5.74) is 0. The fourth-order valence-electron chi connectivity index (χ4n) is 12.8. The van der Waals surface area contributed by atoms with Crippen molar-refractivity contribution in [3.8, 4) is 0 Å². The Labute approximate surface area is 626 Å². The van der Waals surface area contributed by atoms with Crippen LogP contribution in [0, 0.1) is 17.8 Å². The van der Waals surface area contributed by atoms with Crippen LogP contribution in [0.25, 0.3) is 0 Å². The maximum absolute atomic E-state index is 13.1. The summed E-state index contributed by atoms with van der Waals surface area (Å²) in [5.74, 6) is 0.240. The van der Waals surface area contributed by atoms with E-state index in [4.69, 9.17) is 37.0 Å². The summed E-state index contributed by atoms with van der Waals surface area (Å²) in [6.07, 6.45) is 62.5. The normalized spacial score (nSPS) is 14.2. The number of unbranched alkanes of at least 4 members (excludes halogenated alkanes) is 48. The molecule has 3 N–H and O–H groups in total. The Kier molecular flexibility index (Phi) is 71.8. The third-order valence-electron chi connectivity index (χ3n) is 19.7. The van der Waals surface area contributed by atoms with E-state index in [1.807, 2.05) is 0 Å². The van der Waals surface area contributed by atoms with Crippen molar-refractivity contribution < 1.29 is 80.2 Å². The van der Waals surface area contributed by atoms with Crippen LogP contribution >= 0.6 is 15.6 Å². The highest BCUT2D eigenvalue weighted by Gasteiger charge is 2.30. The van der Waals surface area contributed by atoms with Crippen molar-refractivity contribution in [3.63, 3.8) is 0 Å². The van der Waals surface area contributed by atoms with Gasteiger partial charge in [-0.25, -0.2) is 9.13 Å². The number of esters is 4. The summed E-state index contributed by atoms with van der Waals surface area (Å²) < 4.78 is 68.8. The van der Waals surface area contributed by atoms with E-state index in [0.29, 0.717) is 25.7 Å². The van der Waals surface area contributed by atoms with Gasteiger partial charge < -0.3 is 33.8 Å². The highest BCUT2D eigenvalue weighted by Crippen LogP contribution is 2.45. The summed E-state index contributed by atoms with van der Waals surface area (Å²) in [7, 11) is -9.92. The topological polar surface area (TPSA) is 237 Å². The first-order chi connectivity index (χ1) is 49.3. The summed E-state index contributed by atoms with van der Waals surface area (Å²) in [6, 6.07) is 0. The molecule has 17 nitrogen and oxygen atoms in total. The van der Waals surface area contributed by atoms with E-state index in [0.717, 1.165) is 108 Å². The average molecular weight is 1490 g/mol. The second-order valence-corrected chi connectivity index (χ2v) is 34.0. The molecule has 0 saturated heterocycles. The number of carbonyl (C=O) groups excluding carboxylic acids is 4. The Balaban J connectivity index is 5.23. The molecule has 0 aromatic carbocycles. The lowest BCUT2D eigenvalue weighted by Gasteiger charge is -2.21. The molecule has 6 atom stereocenters. The van der Waals surface area contributed by atoms with Crippen LogP contribution in [0.4, 0.5) is 0 Å². The van der Waals surface area contributed by atoms with Gasteiger partial charge in [0.15, 0.2) is 12.2 Å². The van der Waals surface area contributed by atoms with Gasteiger partial charge in [-0.1, -0.05) is 382 Å². The summed E-state index contributed by atoms with van der Waals surface area (Å²) in [6.45, 7) is 12.0. The third-order valence-corrected chi connectivity index (χ3v) is 21.6. The minimum absolute atomic E-state index is 0.105. The van der Waals surface area contributed by atoms with Crippen molar-refractivity contribution in [3.05, 3.63) is 0 Å². The van der Waals surface area contributed by atoms with Crippen LogP contribution in [-0.2, 0) is 65.4 Å². The molecule has 0 heterocycles. The van der Waals surface area contributed by atoms with Crippen LogP contribution in [0.1, 0.15) is 434 Å². The minimum atomic E-state index is -4.96. The van der Waals surface area contributed by atoms with Crippen LogP contribution in [0.15, 0.2) is 0 Å². The molecule has 102 heavy (non-hydrogen) atoms. The predicted octanol–water partition coefficient (Wildman–Crippen LogP) is 24.9. The Morgan fingerprint density at radius 2 is 0.500 bits per heavy atom. The largest absolute Gasteiger partial charge is 0.472 e. The van der Waals surface area contributed by atoms with Gasteiger partial charge in [-0.05, 0) is 43.4 Å². The van der Waals surface area contributed by atoms with Crippen LogP contribution in [0.3, 0.4) is 0 Å². The first kappa shape index (κ1) is 100. The molecule has 0 aliphatic rings. The van der Waals surface area contributed by atoms with Crippen molar-refractivity contribution in [1.29, 1.82) is 0 Å². The zero-order valence-corrected chi connectivity index (χ0v) is 68.9. The number of phosphoric acid groups is 2. The van der Waals surface area contributed by atoms with E-state index in [1.54, 1.807) is 0 Å². The van der Waals surface area contributed by atoms with Gasteiger partial charge in [-0.15, -0.1) is 0 Å². The van der Waals surface area contributed by atoms with Crippen molar-refractivity contribution in [1.82, 2.24) is 0 Å². The van der Waals surface area contributed by atoms with Gasteiger partial charge >= 0.3 is 39.5 Å². The molecule has 0 radical (unpaired) electrons. The van der Waals surface area contributed by atoms with E-state index in [9.17, 15) is 43.2 Å². The fraction of sp³-hybridized carbons (Fsp3) is 0.952. The standard InChI is InChI=1S/C83H162O17P2/c1-8-10-11-12-13-14-15-16-17-23-26-29-35-43-50-57-64-80(85)93-70-78(99-82(87)66-59-52-45-36-30-27-24-21-19-18-20-22-25-28-34-42-49-56-63-76(7)9-2)72-97-101(89,90)95-68-77(84)69-96-102(91,92)98-73-79(71-94-81(86)65-58-51-44-39-38-41-48-55-62-75(5)6)100-83(88)67-60-53-46-37-32-31-33-40-47-54-61-74(3)4/h74-79,84H,8-73H2,1-7H3,(H,89,90)(H,91,92)/t76?,77-,78-,79-/m1/s1. The van der Waals surface area contributed by atoms with E-state index in [1.165, 1.54) is 244 Å². The van der Waals surface area contributed by atoms with Gasteiger partial charge in [0.2, 0.25) is 0 Å². The van der Waals surface area contributed by atoms with E-state index >= 15 is 0 Å². The number of phosphoric ester groups is 2. The van der Waals surface area contributed by atoms with Crippen LogP contribution in [-0.4, -0.2) is 96.7 Å². The second kappa shape index (κ2) is 73.2. The average Bonchev–Trinajstić information content (AvgIpc) is 0.908. The zero-order chi connectivity index (χ0) is 75.1. The Bertz CT molecular complexity index is 1980. The molecule has 0 aliphatic heterocycles. The molecule has 0 rings (SSSR count). The van der Waals surface area contributed by atoms with E-state index in [2.05, 4.69) is 48.5 Å². The summed E-state index contributed by atoms with van der Waals surface area (Å²) in [5, 5.41) is 10.7. The Hall–Kier alpha value is -1.94. The zero-order valence-electron chi connectivity index (χ0n) is 67.1. The van der Waals surface area contributed by atoms with Gasteiger partial charge in [0.1, 0.15) is 19.3 Å². The molecule has 0 amide bonds. The third kappa shape index (κ3) is 74.9. The maximum Gasteiger partial charge on any atom is 0.472 e. The number of hydrogen-bond donors (Lipinski definition) is 3. The van der Waals surface area contributed by atoms with Gasteiger partial charge in [0.25, 0.3) is 0 Å². The van der Waals surface area contributed by atoms with Crippen molar-refractivity contribution in [2.24, 2.45) is 17.8 Å². The molecular formula is C83H162O17P2. The van der Waals surface area contributed by atoms with Crippen molar-refractivity contribution in [2.75, 3.05) is 39.6 Å². The van der Waals surface area contributed by atoms with Crippen molar-refractivity contribution in [2.45, 2.75) is 452 Å². The molecule has 0 aliphatic carbocycles. The lowest BCUT2D eigenvalue weighted by Crippen LogP contribution is -2.30. The molecule has 3 unspecified atom stereocenters. The molecule has 0 bridgehead atoms. The van der Waals surface area contributed by atoms with Gasteiger partial charge in [-0.2, -0.15) is 0 Å².